The van der Waals surface area contributed by atoms with Gasteiger partial charge >= 0.3 is 6.03 Å². The van der Waals surface area contributed by atoms with Crippen molar-refractivity contribution in [1.82, 2.24) is 9.88 Å². The fourth-order valence-corrected chi connectivity index (χ4v) is 4.48. The largest absolute Gasteiger partial charge is 0.356 e. The summed E-state index contributed by atoms with van der Waals surface area (Å²) in [4.78, 5) is 18.6. The van der Waals surface area contributed by atoms with Crippen LogP contribution in [0.3, 0.4) is 0 Å². The molecule has 156 valence electrons. The summed E-state index contributed by atoms with van der Waals surface area (Å²) in [6, 6.07) is 19.2. The topological polar surface area (TPSA) is 48.1 Å². The van der Waals surface area contributed by atoms with Crippen LogP contribution < -0.4 is 5.32 Å². The normalized spacial score (nSPS) is 15.7. The van der Waals surface area contributed by atoms with Crippen LogP contribution in [0, 0.1) is 12.7 Å². The van der Waals surface area contributed by atoms with E-state index < -0.39 is 0 Å². The van der Waals surface area contributed by atoms with Crippen LogP contribution in [0.2, 0.25) is 5.02 Å². The number of aromatic amines is 1. The summed E-state index contributed by atoms with van der Waals surface area (Å²) < 4.78 is 13.6. The first-order valence-corrected chi connectivity index (χ1v) is 10.6. The standard InChI is InChI=1S/C25H21ClFN3O/c1-15-2-9-19(10-3-15)28-25(31)30-13-12-20-21-14-17(26)6-11-22(21)29-23(20)24(30)16-4-7-18(27)8-5-16/h2-11,14,24,29H,12-13H2,1H3,(H,28,31)/t24-/m1/s1. The van der Waals surface area contributed by atoms with E-state index in [4.69, 9.17) is 11.6 Å². The molecule has 0 saturated heterocycles. The predicted molar refractivity (Wildman–Crippen MR) is 122 cm³/mol. The Morgan fingerprint density at radius 2 is 1.84 bits per heavy atom. The second kappa shape index (κ2) is 7.75. The zero-order valence-electron chi connectivity index (χ0n) is 17.0. The van der Waals surface area contributed by atoms with Gasteiger partial charge in [-0.2, -0.15) is 0 Å². The van der Waals surface area contributed by atoms with Crippen molar-refractivity contribution in [3.63, 3.8) is 0 Å². The van der Waals surface area contributed by atoms with Gasteiger partial charge in [0.1, 0.15) is 5.82 Å². The fourth-order valence-electron chi connectivity index (χ4n) is 4.30. The molecule has 1 atom stereocenters. The predicted octanol–water partition coefficient (Wildman–Crippen LogP) is 6.45. The van der Waals surface area contributed by atoms with Crippen LogP contribution in [0.25, 0.3) is 10.9 Å². The highest BCUT2D eigenvalue weighted by atomic mass is 35.5. The SMILES string of the molecule is Cc1ccc(NC(=O)N2CCc3c([nH]c4ccc(Cl)cc34)[C@H]2c2ccc(F)cc2)cc1. The van der Waals surface area contributed by atoms with E-state index in [2.05, 4.69) is 10.3 Å². The maximum absolute atomic E-state index is 13.6. The number of aromatic nitrogens is 1. The van der Waals surface area contributed by atoms with Crippen LogP contribution >= 0.6 is 11.6 Å². The lowest BCUT2D eigenvalue weighted by molar-refractivity contribution is 0.193. The number of benzene rings is 3. The number of hydrogen-bond donors (Lipinski definition) is 2. The smallest absolute Gasteiger partial charge is 0.322 e. The Morgan fingerprint density at radius 1 is 1.10 bits per heavy atom. The average Bonchev–Trinajstić information content (AvgIpc) is 3.13. The number of fused-ring (bicyclic) bond motifs is 3. The Hall–Kier alpha value is -3.31. The van der Waals surface area contributed by atoms with Crippen molar-refractivity contribution < 1.29 is 9.18 Å². The van der Waals surface area contributed by atoms with Crippen molar-refractivity contribution in [2.45, 2.75) is 19.4 Å². The monoisotopic (exact) mass is 433 g/mol. The summed E-state index contributed by atoms with van der Waals surface area (Å²) in [5.41, 5.74) is 5.77. The third-order valence-corrected chi connectivity index (χ3v) is 6.07. The number of nitrogens with zero attached hydrogens (tertiary/aromatic N) is 1. The average molecular weight is 434 g/mol. The molecule has 0 spiro atoms. The lowest BCUT2D eigenvalue weighted by atomic mass is 9.92. The number of nitrogens with one attached hydrogen (secondary N) is 2. The van der Waals surface area contributed by atoms with Gasteiger partial charge < -0.3 is 15.2 Å². The van der Waals surface area contributed by atoms with Gasteiger partial charge in [-0.1, -0.05) is 41.4 Å². The highest BCUT2D eigenvalue weighted by Gasteiger charge is 2.34. The molecule has 0 aliphatic carbocycles. The van der Waals surface area contributed by atoms with Crippen LogP contribution in [0.4, 0.5) is 14.9 Å². The van der Waals surface area contributed by atoms with Crippen molar-refractivity contribution in [2.24, 2.45) is 0 Å². The number of H-pyrrole nitrogens is 1. The quantitative estimate of drug-likeness (QED) is 0.375. The molecule has 0 bridgehead atoms. The van der Waals surface area contributed by atoms with Gasteiger partial charge in [-0.25, -0.2) is 9.18 Å². The number of amides is 2. The first kappa shape index (κ1) is 19.6. The number of carbonyl (C=O) groups excluding carboxylic acids is 1. The number of urea groups is 1. The molecule has 0 unspecified atom stereocenters. The van der Waals surface area contributed by atoms with Crippen LogP contribution in [0.15, 0.2) is 66.7 Å². The van der Waals surface area contributed by atoms with Gasteiger partial charge in [-0.3, -0.25) is 0 Å². The Labute approximate surface area is 184 Å². The molecule has 2 N–H and O–H groups in total. The molecule has 2 heterocycles. The Morgan fingerprint density at radius 3 is 2.58 bits per heavy atom. The van der Waals surface area contributed by atoms with Gasteiger partial charge in [-0.05, 0) is 66.9 Å². The van der Waals surface area contributed by atoms with Crippen molar-refractivity contribution in [3.05, 3.63) is 100.0 Å². The molecular weight excluding hydrogens is 413 g/mol. The minimum Gasteiger partial charge on any atom is -0.356 e. The van der Waals surface area contributed by atoms with E-state index in [1.54, 1.807) is 17.0 Å². The maximum atomic E-state index is 13.6. The minimum atomic E-state index is -0.360. The lowest BCUT2D eigenvalue weighted by Gasteiger charge is -2.36. The van der Waals surface area contributed by atoms with Crippen LogP contribution in [-0.4, -0.2) is 22.5 Å². The number of halogens is 2. The van der Waals surface area contributed by atoms with Crippen molar-refractivity contribution >= 4 is 34.2 Å². The molecule has 1 aliphatic heterocycles. The molecule has 31 heavy (non-hydrogen) atoms. The van der Waals surface area contributed by atoms with Crippen molar-refractivity contribution in [2.75, 3.05) is 11.9 Å². The maximum Gasteiger partial charge on any atom is 0.322 e. The zero-order chi connectivity index (χ0) is 21.5. The molecule has 3 aromatic carbocycles. The van der Waals surface area contributed by atoms with Crippen molar-refractivity contribution in [3.8, 4) is 0 Å². The van der Waals surface area contributed by atoms with Gasteiger partial charge in [0.05, 0.1) is 6.04 Å². The first-order valence-electron chi connectivity index (χ1n) is 10.2. The number of hydrogen-bond acceptors (Lipinski definition) is 1. The lowest BCUT2D eigenvalue weighted by Crippen LogP contribution is -2.43. The number of aryl methyl sites for hydroxylation is 1. The summed E-state index contributed by atoms with van der Waals surface area (Å²) in [5, 5.41) is 4.74. The molecule has 0 radical (unpaired) electrons. The van der Waals surface area contributed by atoms with Gasteiger partial charge in [0.2, 0.25) is 0 Å². The molecule has 5 rings (SSSR count). The molecule has 4 nitrogen and oxygen atoms in total. The van der Waals surface area contributed by atoms with Crippen LogP contribution in [0.5, 0.6) is 0 Å². The van der Waals surface area contributed by atoms with E-state index in [0.29, 0.717) is 18.0 Å². The molecule has 6 heteroatoms. The summed E-state index contributed by atoms with van der Waals surface area (Å²) >= 11 is 6.24. The first-order chi connectivity index (χ1) is 15.0. The van der Waals surface area contributed by atoms with E-state index in [0.717, 1.165) is 39.0 Å². The molecule has 2 amide bonds. The second-order valence-electron chi connectivity index (χ2n) is 7.90. The number of rotatable bonds is 2. The summed E-state index contributed by atoms with van der Waals surface area (Å²) in [6.45, 7) is 2.54. The highest BCUT2D eigenvalue weighted by Crippen LogP contribution is 2.39. The van der Waals surface area contributed by atoms with Crippen LogP contribution in [0.1, 0.15) is 28.4 Å². The third-order valence-electron chi connectivity index (χ3n) is 5.84. The summed E-state index contributed by atoms with van der Waals surface area (Å²) in [6.07, 6.45) is 0.703. The third kappa shape index (κ3) is 3.66. The Balaban J connectivity index is 1.58. The van der Waals surface area contributed by atoms with E-state index in [1.807, 2.05) is 49.4 Å². The summed E-state index contributed by atoms with van der Waals surface area (Å²) in [5.74, 6) is -0.307. The molecule has 1 aromatic heterocycles. The number of anilines is 1. The molecule has 0 fully saturated rings. The van der Waals surface area contributed by atoms with Gasteiger partial charge in [-0.15, -0.1) is 0 Å². The van der Waals surface area contributed by atoms with E-state index in [1.165, 1.54) is 12.1 Å². The zero-order valence-corrected chi connectivity index (χ0v) is 17.7. The van der Waals surface area contributed by atoms with E-state index >= 15 is 0 Å². The Kier molecular flexibility index (Phi) is 4.91. The number of carbonyl (C=O) groups is 1. The van der Waals surface area contributed by atoms with Gasteiger partial charge in [0.25, 0.3) is 0 Å². The molecule has 0 saturated carbocycles. The Bertz CT molecular complexity index is 1260. The van der Waals surface area contributed by atoms with Gasteiger partial charge in [0.15, 0.2) is 0 Å². The highest BCUT2D eigenvalue weighted by molar-refractivity contribution is 6.31. The summed E-state index contributed by atoms with van der Waals surface area (Å²) in [7, 11) is 0. The van der Waals surface area contributed by atoms with Crippen LogP contribution in [-0.2, 0) is 6.42 Å². The van der Waals surface area contributed by atoms with Crippen molar-refractivity contribution in [1.29, 1.82) is 0 Å². The fraction of sp³-hybridized carbons (Fsp3) is 0.160. The molecular formula is C25H21ClFN3O. The molecule has 1 aliphatic rings. The minimum absolute atomic E-state index is 0.194. The van der Waals surface area contributed by atoms with E-state index in [9.17, 15) is 9.18 Å². The second-order valence-corrected chi connectivity index (χ2v) is 8.34. The van der Waals surface area contributed by atoms with Gasteiger partial charge in [0, 0.05) is 33.9 Å². The van der Waals surface area contributed by atoms with E-state index in [-0.39, 0.29) is 17.9 Å². The molecule has 4 aromatic rings.